The van der Waals surface area contributed by atoms with Crippen LogP contribution in [-0.2, 0) is 17.7 Å². The minimum atomic E-state index is 0.530. The molecule has 2 aliphatic heterocycles. The highest BCUT2D eigenvalue weighted by Gasteiger charge is 2.19. The summed E-state index contributed by atoms with van der Waals surface area (Å²) >= 11 is 0. The lowest BCUT2D eigenvalue weighted by Gasteiger charge is -2.29. The molecule has 0 saturated carbocycles. The van der Waals surface area contributed by atoms with E-state index in [4.69, 9.17) is 10.5 Å². The van der Waals surface area contributed by atoms with Crippen LogP contribution in [0.25, 0.3) is 0 Å². The molecule has 0 aromatic heterocycles. The Morgan fingerprint density at radius 3 is 3.16 bits per heavy atom. The highest BCUT2D eigenvalue weighted by molar-refractivity contribution is 5.51. The number of benzene rings is 1. The van der Waals surface area contributed by atoms with E-state index >= 15 is 0 Å². The molecule has 3 nitrogen and oxygen atoms in total. The van der Waals surface area contributed by atoms with Crippen LogP contribution in [0, 0.1) is 0 Å². The molecule has 2 heterocycles. The second-order valence-electron chi connectivity index (χ2n) is 5.79. The largest absolute Gasteiger partial charge is 0.398 e. The smallest absolute Gasteiger partial charge is 0.0576 e. The molecule has 2 aliphatic rings. The molecule has 1 fully saturated rings. The van der Waals surface area contributed by atoms with E-state index in [1.165, 1.54) is 49.9 Å². The molecule has 1 unspecified atom stereocenters. The number of fused-ring (bicyclic) bond motifs is 1. The summed E-state index contributed by atoms with van der Waals surface area (Å²) < 4.78 is 5.68. The zero-order valence-corrected chi connectivity index (χ0v) is 11.6. The second-order valence-corrected chi connectivity index (χ2v) is 5.79. The topological polar surface area (TPSA) is 38.5 Å². The summed E-state index contributed by atoms with van der Waals surface area (Å²) in [6, 6.07) is 6.31. The van der Waals surface area contributed by atoms with E-state index in [9.17, 15) is 0 Å². The maximum Gasteiger partial charge on any atom is 0.0576 e. The van der Waals surface area contributed by atoms with Gasteiger partial charge in [-0.05, 0) is 55.8 Å². The Morgan fingerprint density at radius 2 is 2.32 bits per heavy atom. The van der Waals surface area contributed by atoms with E-state index in [0.29, 0.717) is 6.10 Å². The predicted octanol–water partition coefficient (Wildman–Crippen LogP) is 2.59. The summed E-state index contributed by atoms with van der Waals surface area (Å²) in [5.41, 5.74) is 9.84. The third-order valence-electron chi connectivity index (χ3n) is 4.41. The zero-order valence-electron chi connectivity index (χ0n) is 11.6. The van der Waals surface area contributed by atoms with Crippen LogP contribution in [0.2, 0.25) is 0 Å². The van der Waals surface area contributed by atoms with Crippen LogP contribution in [0.1, 0.15) is 36.8 Å². The maximum atomic E-state index is 6.09. The predicted molar refractivity (Wildman–Crippen MR) is 78.0 cm³/mol. The van der Waals surface area contributed by atoms with Crippen LogP contribution in [0.3, 0.4) is 0 Å². The average Bonchev–Trinajstić information content (AvgIpc) is 2.93. The molecule has 0 amide bonds. The first-order chi connectivity index (χ1) is 9.33. The molecule has 3 rings (SSSR count). The lowest BCUT2D eigenvalue weighted by molar-refractivity contribution is 0.0980. The van der Waals surface area contributed by atoms with Crippen molar-refractivity contribution in [3.63, 3.8) is 0 Å². The molecule has 3 heteroatoms. The minimum Gasteiger partial charge on any atom is -0.398 e. The Bertz CT molecular complexity index is 427. The second kappa shape index (κ2) is 5.93. The zero-order chi connectivity index (χ0) is 13.1. The van der Waals surface area contributed by atoms with Crippen molar-refractivity contribution in [1.29, 1.82) is 0 Å². The van der Waals surface area contributed by atoms with Gasteiger partial charge in [-0.2, -0.15) is 0 Å². The van der Waals surface area contributed by atoms with Crippen molar-refractivity contribution in [3.05, 3.63) is 29.3 Å². The van der Waals surface area contributed by atoms with Gasteiger partial charge in [0.1, 0.15) is 0 Å². The van der Waals surface area contributed by atoms with Crippen LogP contribution in [0.4, 0.5) is 5.69 Å². The Kier molecular flexibility index (Phi) is 4.04. The van der Waals surface area contributed by atoms with Crippen LogP contribution in [0.5, 0.6) is 0 Å². The van der Waals surface area contributed by atoms with Crippen molar-refractivity contribution in [3.8, 4) is 0 Å². The van der Waals surface area contributed by atoms with Crippen LogP contribution >= 0.6 is 0 Å². The van der Waals surface area contributed by atoms with E-state index in [1.807, 2.05) is 6.07 Å². The fraction of sp³-hybridized carbons (Fsp3) is 0.625. The van der Waals surface area contributed by atoms with Gasteiger partial charge in [0.05, 0.1) is 6.10 Å². The number of anilines is 1. The Hall–Kier alpha value is -1.06. The van der Waals surface area contributed by atoms with Gasteiger partial charge in [-0.15, -0.1) is 0 Å². The molecular formula is C16H24N2O. The fourth-order valence-electron chi connectivity index (χ4n) is 3.27. The highest BCUT2D eigenvalue weighted by atomic mass is 16.5. The van der Waals surface area contributed by atoms with Gasteiger partial charge < -0.3 is 10.5 Å². The summed E-state index contributed by atoms with van der Waals surface area (Å²) in [4.78, 5) is 2.54. The Morgan fingerprint density at radius 1 is 1.37 bits per heavy atom. The van der Waals surface area contributed by atoms with Crippen molar-refractivity contribution in [2.24, 2.45) is 0 Å². The normalized spacial score (nSPS) is 23.5. The van der Waals surface area contributed by atoms with Crippen molar-refractivity contribution in [2.75, 3.05) is 25.4 Å². The molecule has 0 aliphatic carbocycles. The van der Waals surface area contributed by atoms with Gasteiger partial charge in [0.25, 0.3) is 0 Å². The first-order valence-corrected chi connectivity index (χ1v) is 7.53. The van der Waals surface area contributed by atoms with Crippen LogP contribution in [-0.4, -0.2) is 30.7 Å². The number of nitrogens with zero attached hydrogens (tertiary/aromatic N) is 1. The molecular weight excluding hydrogens is 236 g/mol. The molecule has 1 saturated heterocycles. The molecule has 0 bridgehead atoms. The van der Waals surface area contributed by atoms with Gasteiger partial charge in [0.15, 0.2) is 0 Å². The fourth-order valence-corrected chi connectivity index (χ4v) is 3.27. The van der Waals surface area contributed by atoms with Crippen molar-refractivity contribution in [1.82, 2.24) is 4.90 Å². The average molecular weight is 260 g/mol. The molecule has 1 aromatic carbocycles. The third kappa shape index (κ3) is 3.10. The van der Waals surface area contributed by atoms with Crippen molar-refractivity contribution in [2.45, 2.75) is 44.8 Å². The standard InChI is InChI=1S/C16H24N2O/c17-16-7-1-4-13-8-10-18(12-15(13)16)9-2-5-14-6-3-11-19-14/h1,4,7,14H,2-3,5-6,8-12,17H2. The monoisotopic (exact) mass is 260 g/mol. The number of hydrogen-bond donors (Lipinski definition) is 1. The van der Waals surface area contributed by atoms with Crippen molar-refractivity contribution < 1.29 is 4.74 Å². The Balaban J connectivity index is 1.49. The Labute approximate surface area is 115 Å². The lowest BCUT2D eigenvalue weighted by atomic mass is 9.98. The first kappa shape index (κ1) is 12.9. The molecule has 1 aromatic rings. The van der Waals surface area contributed by atoms with Gasteiger partial charge in [-0.25, -0.2) is 0 Å². The van der Waals surface area contributed by atoms with E-state index < -0.39 is 0 Å². The van der Waals surface area contributed by atoms with E-state index in [0.717, 1.165) is 25.3 Å². The third-order valence-corrected chi connectivity index (χ3v) is 4.41. The molecule has 19 heavy (non-hydrogen) atoms. The summed E-state index contributed by atoms with van der Waals surface area (Å²) in [5, 5.41) is 0. The quantitative estimate of drug-likeness (QED) is 0.846. The molecule has 0 spiro atoms. The summed E-state index contributed by atoms with van der Waals surface area (Å²) in [7, 11) is 0. The van der Waals surface area contributed by atoms with E-state index in [1.54, 1.807) is 0 Å². The van der Waals surface area contributed by atoms with E-state index in [-0.39, 0.29) is 0 Å². The van der Waals surface area contributed by atoms with E-state index in [2.05, 4.69) is 17.0 Å². The number of ether oxygens (including phenoxy) is 1. The molecule has 0 radical (unpaired) electrons. The summed E-state index contributed by atoms with van der Waals surface area (Å²) in [6.07, 6.45) is 6.64. The maximum absolute atomic E-state index is 6.09. The molecule has 2 N–H and O–H groups in total. The van der Waals surface area contributed by atoms with Gasteiger partial charge in [-0.1, -0.05) is 12.1 Å². The summed E-state index contributed by atoms with van der Waals surface area (Å²) in [6.45, 7) is 4.33. The van der Waals surface area contributed by atoms with Gasteiger partial charge in [-0.3, -0.25) is 4.90 Å². The van der Waals surface area contributed by atoms with Crippen LogP contribution < -0.4 is 5.73 Å². The first-order valence-electron chi connectivity index (χ1n) is 7.53. The van der Waals surface area contributed by atoms with Crippen LogP contribution in [0.15, 0.2) is 18.2 Å². The van der Waals surface area contributed by atoms with Gasteiger partial charge in [0.2, 0.25) is 0 Å². The lowest BCUT2D eigenvalue weighted by Crippen LogP contribution is -2.32. The number of rotatable bonds is 4. The number of nitrogen functional groups attached to an aromatic ring is 1. The van der Waals surface area contributed by atoms with Gasteiger partial charge in [0, 0.05) is 25.4 Å². The summed E-state index contributed by atoms with van der Waals surface area (Å²) in [5.74, 6) is 0. The SMILES string of the molecule is Nc1cccc2c1CN(CCCC1CCCO1)CC2. The van der Waals surface area contributed by atoms with Gasteiger partial charge >= 0.3 is 0 Å². The molecule has 104 valence electrons. The van der Waals surface area contributed by atoms with Crippen molar-refractivity contribution >= 4 is 5.69 Å². The molecule has 1 atom stereocenters. The number of nitrogens with two attached hydrogens (primary N) is 1. The minimum absolute atomic E-state index is 0.530. The highest BCUT2D eigenvalue weighted by Crippen LogP contribution is 2.25. The number of hydrogen-bond acceptors (Lipinski definition) is 3.